The molecule has 0 unspecified atom stereocenters. The summed E-state index contributed by atoms with van der Waals surface area (Å²) in [6.45, 7) is 4.01. The standard InChI is InChI=1S/C14H18N2O3/c1-8(2)11(15)13(17)16-7-9-5-3-4-6-10(9)12(16)14(18)19/h3-6,8,11-12H,7,15H2,1-2H3,(H,18,19)/t11-,12-/m0/s1. The smallest absolute Gasteiger partial charge is 0.331 e. The maximum atomic E-state index is 12.3. The number of benzene rings is 1. The van der Waals surface area contributed by atoms with E-state index in [1.54, 1.807) is 12.1 Å². The van der Waals surface area contributed by atoms with E-state index in [4.69, 9.17) is 5.73 Å². The number of aliphatic carboxylic acids is 1. The summed E-state index contributed by atoms with van der Waals surface area (Å²) in [6, 6.07) is 5.63. The van der Waals surface area contributed by atoms with Crippen LogP contribution in [0, 0.1) is 5.92 Å². The van der Waals surface area contributed by atoms with Gasteiger partial charge in [-0.15, -0.1) is 0 Å². The van der Waals surface area contributed by atoms with Gasteiger partial charge in [0.2, 0.25) is 5.91 Å². The Bertz CT molecular complexity index is 513. The molecule has 1 aromatic rings. The number of nitrogens with two attached hydrogens (primary N) is 1. The summed E-state index contributed by atoms with van der Waals surface area (Å²) < 4.78 is 0. The third-order valence-electron chi connectivity index (χ3n) is 3.52. The van der Waals surface area contributed by atoms with E-state index in [1.807, 2.05) is 26.0 Å². The largest absolute Gasteiger partial charge is 0.479 e. The molecule has 0 fully saturated rings. The summed E-state index contributed by atoms with van der Waals surface area (Å²) in [5, 5.41) is 9.37. The second-order valence-corrected chi connectivity index (χ2v) is 5.18. The van der Waals surface area contributed by atoms with Crippen LogP contribution in [-0.2, 0) is 16.1 Å². The second kappa shape index (κ2) is 5.01. The third-order valence-corrected chi connectivity index (χ3v) is 3.52. The number of hydrogen-bond donors (Lipinski definition) is 2. The fraction of sp³-hybridized carbons (Fsp3) is 0.429. The second-order valence-electron chi connectivity index (χ2n) is 5.18. The summed E-state index contributed by atoms with van der Waals surface area (Å²) in [5.41, 5.74) is 7.41. The molecule has 2 atom stereocenters. The van der Waals surface area contributed by atoms with Gasteiger partial charge in [0, 0.05) is 6.54 Å². The number of hydrogen-bond acceptors (Lipinski definition) is 3. The zero-order valence-corrected chi connectivity index (χ0v) is 11.0. The molecule has 5 heteroatoms. The molecule has 1 amide bonds. The highest BCUT2D eigenvalue weighted by atomic mass is 16.4. The number of carboxylic acids is 1. The SMILES string of the molecule is CC(C)[C@H](N)C(=O)N1Cc2ccccc2[C@H]1C(=O)O. The van der Waals surface area contributed by atoms with Crippen LogP contribution in [0.25, 0.3) is 0 Å². The normalized spacial score (nSPS) is 19.4. The average molecular weight is 262 g/mol. The molecule has 102 valence electrons. The van der Waals surface area contributed by atoms with Crippen molar-refractivity contribution in [1.29, 1.82) is 0 Å². The molecule has 0 radical (unpaired) electrons. The molecule has 0 aromatic heterocycles. The van der Waals surface area contributed by atoms with E-state index in [0.717, 1.165) is 5.56 Å². The van der Waals surface area contributed by atoms with Crippen molar-refractivity contribution in [2.24, 2.45) is 11.7 Å². The minimum atomic E-state index is -1.02. The molecule has 1 aliphatic rings. The van der Waals surface area contributed by atoms with Gasteiger partial charge in [-0.05, 0) is 17.0 Å². The Morgan fingerprint density at radius 1 is 1.37 bits per heavy atom. The van der Waals surface area contributed by atoms with E-state index in [-0.39, 0.29) is 11.8 Å². The highest BCUT2D eigenvalue weighted by Gasteiger charge is 2.40. The Hall–Kier alpha value is -1.88. The highest BCUT2D eigenvalue weighted by Crippen LogP contribution is 2.34. The number of rotatable bonds is 3. The maximum absolute atomic E-state index is 12.3. The van der Waals surface area contributed by atoms with Crippen molar-refractivity contribution in [3.8, 4) is 0 Å². The monoisotopic (exact) mass is 262 g/mol. The van der Waals surface area contributed by atoms with E-state index in [2.05, 4.69) is 0 Å². The molecular weight excluding hydrogens is 244 g/mol. The van der Waals surface area contributed by atoms with Gasteiger partial charge in [0.15, 0.2) is 6.04 Å². The summed E-state index contributed by atoms with van der Waals surface area (Å²) in [6.07, 6.45) is 0. The number of nitrogens with zero attached hydrogens (tertiary/aromatic N) is 1. The molecule has 3 N–H and O–H groups in total. The minimum absolute atomic E-state index is 0.0225. The Kier molecular flexibility index (Phi) is 3.57. The number of carbonyl (C=O) groups is 2. The van der Waals surface area contributed by atoms with Crippen molar-refractivity contribution in [2.45, 2.75) is 32.5 Å². The summed E-state index contributed by atoms with van der Waals surface area (Å²) >= 11 is 0. The maximum Gasteiger partial charge on any atom is 0.331 e. The van der Waals surface area contributed by atoms with Crippen molar-refractivity contribution < 1.29 is 14.7 Å². The Morgan fingerprint density at radius 2 is 2.00 bits per heavy atom. The number of fused-ring (bicyclic) bond motifs is 1. The van der Waals surface area contributed by atoms with Gasteiger partial charge < -0.3 is 15.7 Å². The number of carboxylic acid groups (broad SMARTS) is 1. The minimum Gasteiger partial charge on any atom is -0.479 e. The lowest BCUT2D eigenvalue weighted by Gasteiger charge is -2.26. The van der Waals surface area contributed by atoms with E-state index in [0.29, 0.717) is 12.1 Å². The van der Waals surface area contributed by atoms with Gasteiger partial charge in [-0.2, -0.15) is 0 Å². The van der Waals surface area contributed by atoms with Gasteiger partial charge in [-0.3, -0.25) is 4.79 Å². The van der Waals surface area contributed by atoms with Crippen LogP contribution in [0.15, 0.2) is 24.3 Å². The fourth-order valence-electron chi connectivity index (χ4n) is 2.34. The molecule has 0 aliphatic carbocycles. The zero-order valence-electron chi connectivity index (χ0n) is 11.0. The first-order valence-electron chi connectivity index (χ1n) is 6.30. The number of carbonyl (C=O) groups excluding carboxylic acids is 1. The van der Waals surface area contributed by atoms with E-state index in [1.165, 1.54) is 4.90 Å². The molecule has 1 aliphatic heterocycles. The molecule has 0 spiro atoms. The van der Waals surface area contributed by atoms with Crippen molar-refractivity contribution in [3.63, 3.8) is 0 Å². The lowest BCUT2D eigenvalue weighted by atomic mass is 10.0. The third kappa shape index (κ3) is 2.33. The molecule has 0 bridgehead atoms. The van der Waals surface area contributed by atoms with Gasteiger partial charge in [0.1, 0.15) is 0 Å². The number of amides is 1. The predicted molar refractivity (Wildman–Crippen MR) is 70.2 cm³/mol. The van der Waals surface area contributed by atoms with Gasteiger partial charge >= 0.3 is 5.97 Å². The van der Waals surface area contributed by atoms with Gasteiger partial charge in [0.25, 0.3) is 0 Å². The van der Waals surface area contributed by atoms with E-state index >= 15 is 0 Å². The lowest BCUT2D eigenvalue weighted by molar-refractivity contribution is -0.151. The molecule has 0 saturated carbocycles. The summed E-state index contributed by atoms with van der Waals surface area (Å²) in [5.74, 6) is -1.35. The Morgan fingerprint density at radius 3 is 2.58 bits per heavy atom. The Balaban J connectivity index is 2.34. The molecule has 19 heavy (non-hydrogen) atoms. The molecular formula is C14H18N2O3. The predicted octanol–water partition coefficient (Wildman–Crippen LogP) is 1.14. The van der Waals surface area contributed by atoms with Crippen LogP contribution < -0.4 is 5.73 Å². The zero-order chi connectivity index (χ0) is 14.2. The van der Waals surface area contributed by atoms with Crippen LogP contribution in [-0.4, -0.2) is 27.9 Å². The van der Waals surface area contributed by atoms with Gasteiger partial charge in [-0.1, -0.05) is 38.1 Å². The molecule has 0 saturated heterocycles. The van der Waals surface area contributed by atoms with E-state index in [9.17, 15) is 14.7 Å². The first kappa shape index (κ1) is 13.5. The van der Waals surface area contributed by atoms with Crippen molar-refractivity contribution in [2.75, 3.05) is 0 Å². The molecule has 2 rings (SSSR count). The first-order valence-corrected chi connectivity index (χ1v) is 6.30. The molecule has 1 aromatic carbocycles. The first-order chi connectivity index (χ1) is 8.93. The quantitative estimate of drug-likeness (QED) is 0.855. The summed E-state index contributed by atoms with van der Waals surface area (Å²) in [4.78, 5) is 25.1. The van der Waals surface area contributed by atoms with Crippen molar-refractivity contribution >= 4 is 11.9 Å². The van der Waals surface area contributed by atoms with Crippen LogP contribution in [0.3, 0.4) is 0 Å². The lowest BCUT2D eigenvalue weighted by Crippen LogP contribution is -2.47. The molecule has 1 heterocycles. The highest BCUT2D eigenvalue weighted by molar-refractivity contribution is 5.89. The molecule has 5 nitrogen and oxygen atoms in total. The summed E-state index contributed by atoms with van der Waals surface area (Å²) in [7, 11) is 0. The van der Waals surface area contributed by atoms with Crippen molar-refractivity contribution in [1.82, 2.24) is 4.90 Å². The fourth-order valence-corrected chi connectivity index (χ4v) is 2.34. The van der Waals surface area contributed by atoms with Crippen LogP contribution in [0.5, 0.6) is 0 Å². The average Bonchev–Trinajstić information content (AvgIpc) is 2.75. The van der Waals surface area contributed by atoms with Gasteiger partial charge in [0.05, 0.1) is 6.04 Å². The van der Waals surface area contributed by atoms with Crippen LogP contribution >= 0.6 is 0 Å². The van der Waals surface area contributed by atoms with Crippen molar-refractivity contribution in [3.05, 3.63) is 35.4 Å². The van der Waals surface area contributed by atoms with Crippen LogP contribution in [0.4, 0.5) is 0 Å². The van der Waals surface area contributed by atoms with Gasteiger partial charge in [-0.25, -0.2) is 4.79 Å². The van der Waals surface area contributed by atoms with Crippen LogP contribution in [0.2, 0.25) is 0 Å². The topological polar surface area (TPSA) is 83.6 Å². The Labute approximate surface area is 112 Å². The van der Waals surface area contributed by atoms with Crippen LogP contribution in [0.1, 0.15) is 31.0 Å². The van der Waals surface area contributed by atoms with E-state index < -0.39 is 18.1 Å².